The minimum absolute atomic E-state index is 0.179. The summed E-state index contributed by atoms with van der Waals surface area (Å²) in [5.74, 6) is 0. The molecule has 0 fully saturated rings. The van der Waals surface area contributed by atoms with Crippen LogP contribution < -0.4 is 5.56 Å². The molecule has 7 heteroatoms. The van der Waals surface area contributed by atoms with Crippen LogP contribution in [0.2, 0.25) is 0 Å². The third kappa shape index (κ3) is 4.81. The van der Waals surface area contributed by atoms with Crippen LogP contribution in [0, 0.1) is 0 Å². The number of aromatic amines is 1. The van der Waals surface area contributed by atoms with Crippen LogP contribution in [0.1, 0.15) is 12.1 Å². The summed E-state index contributed by atoms with van der Waals surface area (Å²) in [5, 5.41) is 4.26. The smallest absolute Gasteiger partial charge is 0.274 e. The van der Waals surface area contributed by atoms with Crippen LogP contribution in [0.15, 0.2) is 81.4 Å². The Morgan fingerprint density at radius 3 is 2.57 bits per heavy atom. The number of hydrogen-bond acceptors (Lipinski definition) is 5. The normalized spacial score (nSPS) is 11.2. The third-order valence-electron chi connectivity index (χ3n) is 4.59. The number of aromatic nitrogens is 3. The van der Waals surface area contributed by atoms with E-state index in [-0.39, 0.29) is 5.56 Å². The van der Waals surface area contributed by atoms with Crippen molar-refractivity contribution in [1.29, 1.82) is 0 Å². The Morgan fingerprint density at radius 1 is 1.03 bits per heavy atom. The average Bonchev–Trinajstić information content (AvgIpc) is 3.19. The summed E-state index contributed by atoms with van der Waals surface area (Å²) in [7, 11) is 1.67. The first kappa shape index (κ1) is 20.4. The highest BCUT2D eigenvalue weighted by Gasteiger charge is 2.11. The van der Waals surface area contributed by atoms with E-state index in [0.717, 1.165) is 28.1 Å². The molecule has 0 saturated heterocycles. The molecule has 0 amide bonds. The lowest BCUT2D eigenvalue weighted by Gasteiger charge is -2.07. The van der Waals surface area contributed by atoms with Crippen molar-refractivity contribution in [2.75, 3.05) is 20.3 Å². The molecule has 0 aliphatic carbocycles. The number of nitrogens with zero attached hydrogens (tertiary/aromatic N) is 2. The number of rotatable bonds is 9. The summed E-state index contributed by atoms with van der Waals surface area (Å²) in [6.07, 6.45) is 2.53. The Hall–Kier alpha value is -2.87. The van der Waals surface area contributed by atoms with E-state index < -0.39 is 0 Å². The molecule has 1 N–H and O–H groups in total. The standard InChI is InChI=1S/C23H23N3O3S/c1-28-12-5-13-29-16-18-14-22(27)26-23(25-18)21(15-24-26)17-8-10-20(11-9-17)30-19-6-3-2-4-7-19/h2-4,6-11,14-15,25H,5,12-13,16H2,1H3. The molecule has 2 aromatic heterocycles. The van der Waals surface area contributed by atoms with Gasteiger partial charge in [-0.3, -0.25) is 4.79 Å². The van der Waals surface area contributed by atoms with Crippen LogP contribution in [-0.4, -0.2) is 34.9 Å². The minimum Gasteiger partial charge on any atom is -0.385 e. The summed E-state index contributed by atoms with van der Waals surface area (Å²) in [6, 6.07) is 20.0. The maximum Gasteiger partial charge on any atom is 0.274 e. The second-order valence-corrected chi connectivity index (χ2v) is 7.94. The van der Waals surface area contributed by atoms with Gasteiger partial charge in [-0.25, -0.2) is 0 Å². The number of methoxy groups -OCH3 is 1. The number of nitrogens with one attached hydrogen (secondary N) is 1. The van der Waals surface area contributed by atoms with E-state index in [9.17, 15) is 4.79 Å². The molecular formula is C23H23N3O3S. The first-order chi connectivity index (χ1) is 14.7. The van der Waals surface area contributed by atoms with Crippen molar-refractivity contribution in [3.05, 3.63) is 82.9 Å². The average molecular weight is 422 g/mol. The Balaban J connectivity index is 1.54. The number of H-pyrrole nitrogens is 1. The van der Waals surface area contributed by atoms with Crippen molar-refractivity contribution >= 4 is 17.4 Å². The van der Waals surface area contributed by atoms with E-state index >= 15 is 0 Å². The van der Waals surface area contributed by atoms with Crippen LogP contribution in [0.3, 0.4) is 0 Å². The summed E-state index contributed by atoms with van der Waals surface area (Å²) in [6.45, 7) is 1.57. The molecule has 2 aromatic carbocycles. The monoisotopic (exact) mass is 421 g/mol. The van der Waals surface area contributed by atoms with E-state index in [2.05, 4.69) is 46.5 Å². The zero-order valence-electron chi connectivity index (χ0n) is 16.7. The van der Waals surface area contributed by atoms with Crippen molar-refractivity contribution in [1.82, 2.24) is 14.6 Å². The number of benzene rings is 2. The van der Waals surface area contributed by atoms with Gasteiger partial charge in [0.2, 0.25) is 0 Å². The molecule has 0 unspecified atom stereocenters. The lowest BCUT2D eigenvalue weighted by Crippen LogP contribution is -2.16. The van der Waals surface area contributed by atoms with Gasteiger partial charge in [0.05, 0.1) is 12.8 Å². The second kappa shape index (κ2) is 9.75. The number of fused-ring (bicyclic) bond motifs is 1. The highest BCUT2D eigenvalue weighted by atomic mass is 32.2. The van der Waals surface area contributed by atoms with Gasteiger partial charge in [0.15, 0.2) is 0 Å². The van der Waals surface area contributed by atoms with Crippen LogP contribution in [0.5, 0.6) is 0 Å². The molecular weight excluding hydrogens is 398 g/mol. The molecule has 30 heavy (non-hydrogen) atoms. The van der Waals surface area contributed by atoms with Crippen molar-refractivity contribution < 1.29 is 9.47 Å². The number of hydrogen-bond donors (Lipinski definition) is 1. The lowest BCUT2D eigenvalue weighted by atomic mass is 10.1. The Kier molecular flexibility index (Phi) is 6.63. The molecule has 0 spiro atoms. The van der Waals surface area contributed by atoms with Crippen molar-refractivity contribution in [2.45, 2.75) is 22.8 Å². The molecule has 0 aliphatic rings. The molecule has 154 valence electrons. The van der Waals surface area contributed by atoms with Gasteiger partial charge in [-0.05, 0) is 36.2 Å². The maximum absolute atomic E-state index is 12.4. The first-order valence-electron chi connectivity index (χ1n) is 9.74. The van der Waals surface area contributed by atoms with Crippen molar-refractivity contribution in [3.63, 3.8) is 0 Å². The van der Waals surface area contributed by atoms with Gasteiger partial charge in [-0.1, -0.05) is 42.1 Å². The summed E-state index contributed by atoms with van der Waals surface area (Å²) >= 11 is 1.71. The van der Waals surface area contributed by atoms with Crippen LogP contribution >= 0.6 is 11.8 Å². The Labute approximate surface area is 178 Å². The van der Waals surface area contributed by atoms with Crippen LogP contribution in [-0.2, 0) is 16.1 Å². The van der Waals surface area contributed by atoms with E-state index in [1.807, 2.05) is 18.2 Å². The zero-order chi connectivity index (χ0) is 20.8. The van der Waals surface area contributed by atoms with Gasteiger partial charge in [-0.2, -0.15) is 9.61 Å². The molecule has 0 saturated carbocycles. The van der Waals surface area contributed by atoms with E-state index in [0.29, 0.717) is 25.5 Å². The summed E-state index contributed by atoms with van der Waals surface area (Å²) in [5.41, 5.74) is 3.09. The van der Waals surface area contributed by atoms with Crippen molar-refractivity contribution in [3.8, 4) is 11.1 Å². The maximum atomic E-state index is 12.4. The predicted molar refractivity (Wildman–Crippen MR) is 118 cm³/mol. The van der Waals surface area contributed by atoms with Gasteiger partial charge < -0.3 is 14.5 Å². The van der Waals surface area contributed by atoms with Gasteiger partial charge in [0, 0.05) is 47.4 Å². The molecule has 6 nitrogen and oxygen atoms in total. The molecule has 0 radical (unpaired) electrons. The minimum atomic E-state index is -0.179. The van der Waals surface area contributed by atoms with Crippen LogP contribution in [0.25, 0.3) is 16.8 Å². The lowest BCUT2D eigenvalue weighted by molar-refractivity contribution is 0.0910. The zero-order valence-corrected chi connectivity index (χ0v) is 17.5. The second-order valence-electron chi connectivity index (χ2n) is 6.79. The SMILES string of the molecule is COCCCOCc1cc(=O)n2ncc(-c3ccc(Sc4ccccc4)cc3)c2[nH]1. The van der Waals surface area contributed by atoms with Crippen LogP contribution in [0.4, 0.5) is 0 Å². The third-order valence-corrected chi connectivity index (χ3v) is 5.61. The molecule has 2 heterocycles. The van der Waals surface area contributed by atoms with Gasteiger partial charge in [0.1, 0.15) is 5.65 Å². The Morgan fingerprint density at radius 2 is 1.80 bits per heavy atom. The fourth-order valence-electron chi connectivity index (χ4n) is 3.14. The van der Waals surface area contributed by atoms with Gasteiger partial charge in [-0.15, -0.1) is 0 Å². The molecule has 0 bridgehead atoms. The number of ether oxygens (including phenoxy) is 2. The fourth-order valence-corrected chi connectivity index (χ4v) is 3.98. The molecule has 4 aromatic rings. The highest BCUT2D eigenvalue weighted by Crippen LogP contribution is 2.30. The quantitative estimate of drug-likeness (QED) is 0.406. The van der Waals surface area contributed by atoms with E-state index in [1.54, 1.807) is 25.1 Å². The topological polar surface area (TPSA) is 68.6 Å². The Bertz CT molecular complexity index is 1150. The summed E-state index contributed by atoms with van der Waals surface area (Å²) in [4.78, 5) is 18.1. The highest BCUT2D eigenvalue weighted by molar-refractivity contribution is 7.99. The van der Waals surface area contributed by atoms with Gasteiger partial charge in [0.25, 0.3) is 5.56 Å². The summed E-state index contributed by atoms with van der Waals surface area (Å²) < 4.78 is 12.0. The van der Waals surface area contributed by atoms with E-state index in [1.165, 1.54) is 15.5 Å². The fraction of sp³-hybridized carbons (Fsp3) is 0.217. The molecule has 4 rings (SSSR count). The largest absolute Gasteiger partial charge is 0.385 e. The molecule has 0 aliphatic heterocycles. The molecule has 0 atom stereocenters. The predicted octanol–water partition coefficient (Wildman–Crippen LogP) is 4.39. The van der Waals surface area contributed by atoms with Gasteiger partial charge >= 0.3 is 0 Å². The first-order valence-corrected chi connectivity index (χ1v) is 10.6. The van der Waals surface area contributed by atoms with Crippen molar-refractivity contribution in [2.24, 2.45) is 0 Å². The van der Waals surface area contributed by atoms with E-state index in [4.69, 9.17) is 9.47 Å².